The van der Waals surface area contributed by atoms with Crippen LogP contribution in [0.25, 0.3) is 11.5 Å². The Kier molecular flexibility index (Phi) is 5.39. The summed E-state index contributed by atoms with van der Waals surface area (Å²) in [5.41, 5.74) is 8.22. The summed E-state index contributed by atoms with van der Waals surface area (Å²) in [6, 6.07) is 7.16. The smallest absolute Gasteiger partial charge is 0.277 e. The minimum absolute atomic E-state index is 0.0997. The van der Waals surface area contributed by atoms with E-state index in [1.807, 2.05) is 19.1 Å². The summed E-state index contributed by atoms with van der Waals surface area (Å²) < 4.78 is 17.0. The third-order valence-electron chi connectivity index (χ3n) is 5.80. The third-order valence-corrected chi connectivity index (χ3v) is 5.80. The number of morpholine rings is 1. The molecule has 1 saturated heterocycles. The van der Waals surface area contributed by atoms with Gasteiger partial charge in [-0.25, -0.2) is 9.97 Å². The molecule has 33 heavy (non-hydrogen) atoms. The van der Waals surface area contributed by atoms with Crippen LogP contribution in [0.1, 0.15) is 23.0 Å². The maximum Gasteiger partial charge on any atom is 0.277 e. The van der Waals surface area contributed by atoms with Crippen molar-refractivity contribution in [3.63, 3.8) is 0 Å². The molecule has 1 fully saturated rings. The average molecular weight is 451 g/mol. The third kappa shape index (κ3) is 4.22. The van der Waals surface area contributed by atoms with E-state index in [0.717, 1.165) is 11.3 Å². The number of ether oxygens (including phenoxy) is 2. The number of nitrogens with two attached hydrogens (primary N) is 1. The van der Waals surface area contributed by atoms with E-state index in [9.17, 15) is 9.90 Å². The fraction of sp³-hybridized carbons (Fsp3) is 0.348. The normalized spacial score (nSPS) is 19.8. The van der Waals surface area contributed by atoms with Gasteiger partial charge in [-0.3, -0.25) is 4.79 Å². The van der Waals surface area contributed by atoms with Gasteiger partial charge in [-0.1, -0.05) is 0 Å². The van der Waals surface area contributed by atoms with Crippen LogP contribution >= 0.6 is 0 Å². The van der Waals surface area contributed by atoms with Crippen LogP contribution in [-0.2, 0) is 11.2 Å². The lowest BCUT2D eigenvalue weighted by Gasteiger charge is -2.31. The van der Waals surface area contributed by atoms with E-state index in [2.05, 4.69) is 20.2 Å². The minimum Gasteiger partial charge on any atom is -0.484 e. The Morgan fingerprint density at radius 2 is 2.12 bits per heavy atom. The van der Waals surface area contributed by atoms with E-state index >= 15 is 0 Å². The van der Waals surface area contributed by atoms with E-state index in [1.165, 1.54) is 6.26 Å². The molecule has 1 unspecified atom stereocenters. The number of nitrogen functional groups attached to an aromatic ring is 1. The number of hydrogen-bond acceptors (Lipinski definition) is 9. The Hall–Kier alpha value is -3.63. The van der Waals surface area contributed by atoms with Crippen molar-refractivity contribution in [1.82, 2.24) is 9.97 Å². The molecule has 1 amide bonds. The minimum atomic E-state index is -0.680. The lowest BCUT2D eigenvalue weighted by Crippen LogP contribution is -2.37. The molecule has 4 N–H and O–H groups in total. The summed E-state index contributed by atoms with van der Waals surface area (Å²) in [6.07, 6.45) is 3.41. The molecule has 0 radical (unpaired) electrons. The molecule has 1 aromatic carbocycles. The van der Waals surface area contributed by atoms with E-state index in [4.69, 9.17) is 19.6 Å². The van der Waals surface area contributed by atoms with Gasteiger partial charge in [0.2, 0.25) is 5.89 Å². The summed E-state index contributed by atoms with van der Waals surface area (Å²) in [5.74, 6) is 0.932. The Morgan fingerprint density at radius 3 is 2.88 bits per heavy atom. The number of nitrogens with one attached hydrogen (secondary N) is 1. The molecule has 2 aliphatic rings. The summed E-state index contributed by atoms with van der Waals surface area (Å²) in [7, 11) is 0. The fourth-order valence-corrected chi connectivity index (χ4v) is 4.08. The predicted octanol–water partition coefficient (Wildman–Crippen LogP) is 2.09. The number of amides is 1. The van der Waals surface area contributed by atoms with Crippen molar-refractivity contribution in [2.75, 3.05) is 48.9 Å². The van der Waals surface area contributed by atoms with Crippen LogP contribution in [0.2, 0.25) is 0 Å². The van der Waals surface area contributed by atoms with Gasteiger partial charge in [0, 0.05) is 42.9 Å². The van der Waals surface area contributed by atoms with Gasteiger partial charge in [0.15, 0.2) is 5.69 Å². The summed E-state index contributed by atoms with van der Waals surface area (Å²) >= 11 is 0. The first kappa shape index (κ1) is 21.2. The number of nitrogens with zero attached hydrogens (tertiary/aromatic N) is 3. The van der Waals surface area contributed by atoms with E-state index in [0.29, 0.717) is 55.5 Å². The largest absolute Gasteiger partial charge is 0.484 e. The molecule has 10 heteroatoms. The van der Waals surface area contributed by atoms with Crippen LogP contribution in [0.4, 0.5) is 17.2 Å². The second kappa shape index (κ2) is 8.38. The molecule has 10 nitrogen and oxygen atoms in total. The molecule has 3 aromatic rings. The number of oxazole rings is 1. The summed E-state index contributed by atoms with van der Waals surface area (Å²) in [5, 5.41) is 12.7. The van der Waals surface area contributed by atoms with E-state index in [1.54, 1.807) is 18.3 Å². The van der Waals surface area contributed by atoms with Gasteiger partial charge in [-0.05, 0) is 25.1 Å². The molecule has 2 aromatic heterocycles. The number of benzene rings is 1. The standard InChI is InChI=1S/C23H25N5O5/c1-23(13-29)11-15-8-16(18(10-19(15)33-23)28-4-6-31-7-5-28)26-21(30)17-12-32-22(27-17)14-2-3-25-20(24)9-14/h2-3,8-10,12,29H,4-7,11,13H2,1H3,(H2,24,25)(H,26,30). The Balaban J connectivity index is 1.44. The number of pyridine rings is 1. The molecule has 0 saturated carbocycles. The van der Waals surface area contributed by atoms with Gasteiger partial charge in [-0.2, -0.15) is 0 Å². The van der Waals surface area contributed by atoms with Crippen molar-refractivity contribution in [3.8, 4) is 17.2 Å². The van der Waals surface area contributed by atoms with Crippen LogP contribution < -0.4 is 20.7 Å². The summed E-state index contributed by atoms with van der Waals surface area (Å²) in [4.78, 5) is 23.5. The Labute approximate surface area is 190 Å². The molecule has 5 rings (SSSR count). The average Bonchev–Trinajstić information content (AvgIpc) is 3.44. The van der Waals surface area contributed by atoms with E-state index in [-0.39, 0.29) is 18.2 Å². The second-order valence-corrected chi connectivity index (χ2v) is 8.42. The van der Waals surface area contributed by atoms with Crippen LogP contribution in [0.15, 0.2) is 41.1 Å². The number of aromatic nitrogens is 2. The van der Waals surface area contributed by atoms with Gasteiger partial charge < -0.3 is 34.9 Å². The maximum atomic E-state index is 13.1. The molecule has 0 spiro atoms. The zero-order chi connectivity index (χ0) is 23.0. The number of anilines is 3. The van der Waals surface area contributed by atoms with E-state index < -0.39 is 11.5 Å². The first-order valence-electron chi connectivity index (χ1n) is 10.7. The Bertz CT molecular complexity index is 1190. The molecular weight excluding hydrogens is 426 g/mol. The lowest BCUT2D eigenvalue weighted by atomic mass is 9.99. The molecule has 1 atom stereocenters. The first-order valence-corrected chi connectivity index (χ1v) is 10.7. The van der Waals surface area contributed by atoms with Crippen LogP contribution in [0, 0.1) is 0 Å². The number of aliphatic hydroxyl groups excluding tert-OH is 1. The number of carbonyl (C=O) groups excluding carboxylic acids is 1. The van der Waals surface area contributed by atoms with Crippen molar-refractivity contribution >= 4 is 23.1 Å². The number of fused-ring (bicyclic) bond motifs is 1. The van der Waals surface area contributed by atoms with Crippen molar-refractivity contribution in [2.24, 2.45) is 0 Å². The fourth-order valence-electron chi connectivity index (χ4n) is 4.08. The van der Waals surface area contributed by atoms with Crippen LogP contribution in [-0.4, -0.2) is 59.5 Å². The predicted molar refractivity (Wildman–Crippen MR) is 121 cm³/mol. The molecule has 4 heterocycles. The zero-order valence-electron chi connectivity index (χ0n) is 18.2. The zero-order valence-corrected chi connectivity index (χ0v) is 18.2. The number of hydrogen-bond donors (Lipinski definition) is 3. The van der Waals surface area contributed by atoms with Gasteiger partial charge >= 0.3 is 0 Å². The molecule has 0 aliphatic carbocycles. The highest BCUT2D eigenvalue weighted by molar-refractivity contribution is 6.05. The SMILES string of the molecule is CC1(CO)Cc2cc(NC(=O)c3coc(-c4ccnc(N)c4)n3)c(N3CCOCC3)cc2O1. The highest BCUT2D eigenvalue weighted by atomic mass is 16.5. The summed E-state index contributed by atoms with van der Waals surface area (Å²) in [6.45, 7) is 4.34. The number of aliphatic hydroxyl groups is 1. The number of rotatable bonds is 5. The van der Waals surface area contributed by atoms with Crippen LogP contribution in [0.5, 0.6) is 5.75 Å². The monoisotopic (exact) mass is 451 g/mol. The van der Waals surface area contributed by atoms with Gasteiger partial charge in [0.25, 0.3) is 5.91 Å². The molecule has 2 aliphatic heterocycles. The molecular formula is C23H25N5O5. The van der Waals surface area contributed by atoms with Crippen molar-refractivity contribution in [2.45, 2.75) is 18.9 Å². The topological polar surface area (TPSA) is 136 Å². The lowest BCUT2D eigenvalue weighted by molar-refractivity contribution is 0.0446. The van der Waals surface area contributed by atoms with Gasteiger partial charge in [-0.15, -0.1) is 0 Å². The highest BCUT2D eigenvalue weighted by Gasteiger charge is 2.35. The van der Waals surface area contributed by atoms with Crippen LogP contribution in [0.3, 0.4) is 0 Å². The second-order valence-electron chi connectivity index (χ2n) is 8.42. The van der Waals surface area contributed by atoms with Crippen molar-refractivity contribution in [3.05, 3.63) is 48.0 Å². The van der Waals surface area contributed by atoms with Gasteiger partial charge in [0.05, 0.1) is 31.2 Å². The Morgan fingerprint density at radius 1 is 1.30 bits per heavy atom. The highest BCUT2D eigenvalue weighted by Crippen LogP contribution is 2.42. The maximum absolute atomic E-state index is 13.1. The molecule has 172 valence electrons. The molecule has 0 bridgehead atoms. The van der Waals surface area contributed by atoms with Crippen molar-refractivity contribution < 1.29 is 23.8 Å². The first-order chi connectivity index (χ1) is 15.9. The quantitative estimate of drug-likeness (QED) is 0.533. The van der Waals surface area contributed by atoms with Gasteiger partial charge in [0.1, 0.15) is 23.4 Å². The number of carbonyl (C=O) groups is 1. The van der Waals surface area contributed by atoms with Crippen molar-refractivity contribution in [1.29, 1.82) is 0 Å².